The summed E-state index contributed by atoms with van der Waals surface area (Å²) in [6.07, 6.45) is -0.466. The molecule has 0 saturated heterocycles. The van der Waals surface area contributed by atoms with Crippen LogP contribution in [0, 0.1) is 10.1 Å². The highest BCUT2D eigenvalue weighted by Crippen LogP contribution is 2.14. The summed E-state index contributed by atoms with van der Waals surface area (Å²) in [5.74, 6) is 0.0283. The second-order valence-electron chi connectivity index (χ2n) is 2.27. The number of hydrogen-bond donors (Lipinski definition) is 0. The van der Waals surface area contributed by atoms with Crippen LogP contribution in [0.15, 0.2) is 18.3 Å². The van der Waals surface area contributed by atoms with Crippen LogP contribution in [-0.2, 0) is 0 Å². The van der Waals surface area contributed by atoms with Gasteiger partial charge in [0.15, 0.2) is 0 Å². The van der Waals surface area contributed by atoms with Crippen LogP contribution in [0.1, 0.15) is 6.92 Å². The number of ether oxygens (including phenoxy) is 1. The smallest absolute Gasteiger partial charge is 0.287 e. The lowest BCUT2D eigenvalue weighted by atomic mass is 10.4. The van der Waals surface area contributed by atoms with E-state index in [0.717, 1.165) is 6.20 Å². The number of nitro groups is 1. The number of pyridine rings is 1. The Morgan fingerprint density at radius 1 is 1.69 bits per heavy atom. The normalized spacial score (nSPS) is 12.2. The molecule has 1 unspecified atom stereocenters. The molecule has 0 saturated carbocycles. The van der Waals surface area contributed by atoms with E-state index in [2.05, 4.69) is 9.72 Å². The minimum atomic E-state index is -1.48. The maximum atomic E-state index is 12.3. The van der Waals surface area contributed by atoms with Crippen molar-refractivity contribution in [3.63, 3.8) is 0 Å². The first kappa shape index (κ1) is 9.37. The molecule has 1 heterocycles. The minimum absolute atomic E-state index is 0.0283. The molecular formula is C7H7FN2O3. The predicted molar refractivity (Wildman–Crippen MR) is 42.1 cm³/mol. The first-order chi connectivity index (χ1) is 6.09. The Labute approximate surface area is 73.3 Å². The molecule has 5 nitrogen and oxygen atoms in total. The van der Waals surface area contributed by atoms with Crippen molar-refractivity contribution in [2.75, 3.05) is 0 Å². The van der Waals surface area contributed by atoms with Crippen molar-refractivity contribution in [1.29, 1.82) is 0 Å². The lowest BCUT2D eigenvalue weighted by Gasteiger charge is -2.03. The molecule has 70 valence electrons. The van der Waals surface area contributed by atoms with Gasteiger partial charge in [0.05, 0.1) is 4.92 Å². The Morgan fingerprint density at radius 3 is 2.77 bits per heavy atom. The molecular weight excluding hydrogens is 179 g/mol. The monoisotopic (exact) mass is 186 g/mol. The third kappa shape index (κ3) is 2.66. The molecule has 0 fully saturated rings. The maximum absolute atomic E-state index is 12.3. The van der Waals surface area contributed by atoms with Gasteiger partial charge in [0, 0.05) is 19.1 Å². The SMILES string of the molecule is CC(F)Oc1ccc([N+](=O)[O-])cn1. The molecule has 0 bridgehead atoms. The topological polar surface area (TPSA) is 65.3 Å². The lowest BCUT2D eigenvalue weighted by Crippen LogP contribution is -2.05. The predicted octanol–water partition coefficient (Wildman–Crippen LogP) is 1.68. The van der Waals surface area contributed by atoms with Crippen LogP contribution in [0.4, 0.5) is 10.1 Å². The third-order valence-corrected chi connectivity index (χ3v) is 1.21. The molecule has 0 aromatic carbocycles. The van der Waals surface area contributed by atoms with Gasteiger partial charge < -0.3 is 4.74 Å². The Bertz CT molecular complexity index is 299. The summed E-state index contributed by atoms with van der Waals surface area (Å²) in [5, 5.41) is 10.2. The van der Waals surface area contributed by atoms with Crippen molar-refractivity contribution < 1.29 is 14.1 Å². The van der Waals surface area contributed by atoms with Gasteiger partial charge in [-0.1, -0.05) is 0 Å². The van der Waals surface area contributed by atoms with Crippen LogP contribution >= 0.6 is 0 Å². The highest BCUT2D eigenvalue weighted by atomic mass is 19.1. The van der Waals surface area contributed by atoms with E-state index in [0.29, 0.717) is 0 Å². The van der Waals surface area contributed by atoms with Crippen molar-refractivity contribution >= 4 is 5.69 Å². The molecule has 0 radical (unpaired) electrons. The Morgan fingerprint density at radius 2 is 2.38 bits per heavy atom. The van der Waals surface area contributed by atoms with Crippen molar-refractivity contribution in [1.82, 2.24) is 4.98 Å². The van der Waals surface area contributed by atoms with Gasteiger partial charge in [-0.2, -0.15) is 0 Å². The zero-order valence-corrected chi connectivity index (χ0v) is 6.81. The number of aromatic nitrogens is 1. The van der Waals surface area contributed by atoms with E-state index in [1.807, 2.05) is 0 Å². The number of rotatable bonds is 3. The van der Waals surface area contributed by atoms with Crippen LogP contribution in [0.25, 0.3) is 0 Å². The van der Waals surface area contributed by atoms with Gasteiger partial charge in [0.2, 0.25) is 12.2 Å². The number of hydrogen-bond acceptors (Lipinski definition) is 4. The highest BCUT2D eigenvalue weighted by Gasteiger charge is 2.07. The Kier molecular flexibility index (Phi) is 2.73. The van der Waals surface area contributed by atoms with Crippen LogP contribution < -0.4 is 4.74 Å². The lowest BCUT2D eigenvalue weighted by molar-refractivity contribution is -0.385. The average Bonchev–Trinajstić information content (AvgIpc) is 2.04. The number of halogens is 1. The van der Waals surface area contributed by atoms with Crippen molar-refractivity contribution in [2.24, 2.45) is 0 Å². The maximum Gasteiger partial charge on any atom is 0.287 e. The van der Waals surface area contributed by atoms with Gasteiger partial charge in [-0.05, 0) is 0 Å². The van der Waals surface area contributed by atoms with E-state index in [-0.39, 0.29) is 11.6 Å². The molecule has 0 aliphatic carbocycles. The van der Waals surface area contributed by atoms with Gasteiger partial charge in [-0.15, -0.1) is 0 Å². The molecule has 1 rings (SSSR count). The molecule has 13 heavy (non-hydrogen) atoms. The number of alkyl halides is 1. The van der Waals surface area contributed by atoms with Crippen molar-refractivity contribution in [3.05, 3.63) is 28.4 Å². The fourth-order valence-electron chi connectivity index (χ4n) is 0.717. The second kappa shape index (κ2) is 3.79. The molecule has 0 spiro atoms. The van der Waals surface area contributed by atoms with Crippen molar-refractivity contribution in [2.45, 2.75) is 13.3 Å². The largest absolute Gasteiger partial charge is 0.444 e. The first-order valence-electron chi connectivity index (χ1n) is 3.51. The quantitative estimate of drug-likeness (QED) is 0.532. The molecule has 6 heteroatoms. The van der Waals surface area contributed by atoms with Crippen LogP contribution in [0.3, 0.4) is 0 Å². The van der Waals surface area contributed by atoms with Gasteiger partial charge in [0.25, 0.3) is 5.69 Å². The average molecular weight is 186 g/mol. The summed E-state index contributed by atoms with van der Waals surface area (Å²) in [6.45, 7) is 1.20. The molecule has 1 aromatic heterocycles. The molecule has 0 aliphatic rings. The summed E-state index contributed by atoms with van der Waals surface area (Å²) >= 11 is 0. The summed E-state index contributed by atoms with van der Waals surface area (Å²) in [5.41, 5.74) is -0.154. The van der Waals surface area contributed by atoms with Crippen LogP contribution in [-0.4, -0.2) is 16.3 Å². The van der Waals surface area contributed by atoms with E-state index in [1.165, 1.54) is 19.1 Å². The van der Waals surface area contributed by atoms with E-state index < -0.39 is 11.3 Å². The summed E-state index contributed by atoms with van der Waals surface area (Å²) in [4.78, 5) is 13.1. The summed E-state index contributed by atoms with van der Waals surface area (Å²) in [7, 11) is 0. The van der Waals surface area contributed by atoms with E-state index in [4.69, 9.17) is 0 Å². The molecule has 1 atom stereocenters. The zero-order valence-electron chi connectivity index (χ0n) is 6.81. The molecule has 1 aromatic rings. The van der Waals surface area contributed by atoms with Crippen LogP contribution in [0.2, 0.25) is 0 Å². The molecule has 0 aliphatic heterocycles. The second-order valence-corrected chi connectivity index (χ2v) is 2.27. The van der Waals surface area contributed by atoms with Gasteiger partial charge >= 0.3 is 0 Å². The first-order valence-corrected chi connectivity index (χ1v) is 3.51. The van der Waals surface area contributed by atoms with E-state index in [9.17, 15) is 14.5 Å². The van der Waals surface area contributed by atoms with Crippen LogP contribution in [0.5, 0.6) is 5.88 Å². The van der Waals surface area contributed by atoms with E-state index >= 15 is 0 Å². The van der Waals surface area contributed by atoms with Gasteiger partial charge in [0.1, 0.15) is 6.20 Å². The van der Waals surface area contributed by atoms with Gasteiger partial charge in [-0.25, -0.2) is 9.37 Å². The fourth-order valence-corrected chi connectivity index (χ4v) is 0.717. The summed E-state index contributed by atoms with van der Waals surface area (Å²) in [6, 6.07) is 2.44. The summed E-state index contributed by atoms with van der Waals surface area (Å²) < 4.78 is 16.8. The zero-order chi connectivity index (χ0) is 9.84. The molecule has 0 N–H and O–H groups in total. The fraction of sp³-hybridized carbons (Fsp3) is 0.286. The third-order valence-electron chi connectivity index (χ3n) is 1.21. The van der Waals surface area contributed by atoms with E-state index in [1.54, 1.807) is 0 Å². The highest BCUT2D eigenvalue weighted by molar-refractivity contribution is 5.28. The Hall–Kier alpha value is -1.72. The number of nitrogens with zero attached hydrogens (tertiary/aromatic N) is 2. The van der Waals surface area contributed by atoms with Gasteiger partial charge in [-0.3, -0.25) is 10.1 Å². The minimum Gasteiger partial charge on any atom is -0.444 e. The standard InChI is InChI=1S/C7H7FN2O3/c1-5(8)13-7-3-2-6(4-9-7)10(11)12/h2-5H,1H3. The molecule has 0 amide bonds. The Balaban J connectivity index is 2.75. The van der Waals surface area contributed by atoms with Crippen molar-refractivity contribution in [3.8, 4) is 5.88 Å².